The van der Waals surface area contributed by atoms with Crippen molar-refractivity contribution < 1.29 is 9.90 Å². The summed E-state index contributed by atoms with van der Waals surface area (Å²) < 4.78 is 1.34. The summed E-state index contributed by atoms with van der Waals surface area (Å²) in [7, 11) is 0. The van der Waals surface area contributed by atoms with Crippen molar-refractivity contribution in [3.8, 4) is 0 Å². The van der Waals surface area contributed by atoms with Gasteiger partial charge in [-0.05, 0) is 31.9 Å². The molecule has 20 heavy (non-hydrogen) atoms. The van der Waals surface area contributed by atoms with Crippen LogP contribution in [0.25, 0.3) is 5.65 Å². The van der Waals surface area contributed by atoms with Gasteiger partial charge in [0.1, 0.15) is 11.2 Å². The van der Waals surface area contributed by atoms with Gasteiger partial charge in [0.25, 0.3) is 11.5 Å². The number of aliphatic hydroxyl groups excluding tert-OH is 1. The van der Waals surface area contributed by atoms with E-state index < -0.39 is 5.91 Å². The van der Waals surface area contributed by atoms with Crippen LogP contribution in [-0.4, -0.2) is 33.0 Å². The maximum atomic E-state index is 12.2. The maximum absolute atomic E-state index is 12.2. The fourth-order valence-electron chi connectivity index (χ4n) is 1.95. The third-order valence-electron chi connectivity index (χ3n) is 3.03. The number of nitrogens with zero attached hydrogens (tertiary/aromatic N) is 2. The summed E-state index contributed by atoms with van der Waals surface area (Å²) >= 11 is 0. The molecule has 2 rings (SSSR count). The smallest absolute Gasteiger partial charge is 0.270 e. The zero-order valence-electron chi connectivity index (χ0n) is 11.2. The van der Waals surface area contributed by atoms with Crippen molar-refractivity contribution in [2.75, 3.05) is 6.61 Å². The zero-order chi connectivity index (χ0) is 14.5. The fourth-order valence-corrected chi connectivity index (χ4v) is 1.95. The highest BCUT2D eigenvalue weighted by Gasteiger charge is 2.15. The third-order valence-corrected chi connectivity index (χ3v) is 3.03. The van der Waals surface area contributed by atoms with Crippen molar-refractivity contribution in [3.05, 3.63) is 46.5 Å². The Labute approximate surface area is 116 Å². The van der Waals surface area contributed by atoms with Gasteiger partial charge in [0.15, 0.2) is 0 Å². The van der Waals surface area contributed by atoms with Gasteiger partial charge in [-0.1, -0.05) is 6.07 Å². The van der Waals surface area contributed by atoms with Crippen molar-refractivity contribution >= 4 is 11.6 Å². The number of carbonyl (C=O) groups excluding carboxylic acids is 1. The Morgan fingerprint density at radius 3 is 3.05 bits per heavy atom. The van der Waals surface area contributed by atoms with Gasteiger partial charge in [0, 0.05) is 25.0 Å². The summed E-state index contributed by atoms with van der Waals surface area (Å²) in [6.07, 6.45) is 4.14. The van der Waals surface area contributed by atoms with E-state index in [0.29, 0.717) is 18.5 Å². The first-order valence-corrected chi connectivity index (χ1v) is 6.51. The van der Waals surface area contributed by atoms with Crippen LogP contribution in [0.4, 0.5) is 0 Å². The molecular weight excluding hydrogens is 258 g/mol. The molecule has 2 N–H and O–H groups in total. The molecule has 0 aliphatic heterocycles. The second kappa shape index (κ2) is 6.29. The van der Waals surface area contributed by atoms with Gasteiger partial charge >= 0.3 is 0 Å². The first kappa shape index (κ1) is 14.2. The molecule has 0 spiro atoms. The Bertz CT molecular complexity index is 666. The van der Waals surface area contributed by atoms with Gasteiger partial charge < -0.3 is 10.4 Å². The Morgan fingerprint density at radius 2 is 2.30 bits per heavy atom. The molecule has 2 heterocycles. The summed E-state index contributed by atoms with van der Waals surface area (Å²) in [6.45, 7) is 1.92. The topological polar surface area (TPSA) is 83.7 Å². The molecule has 0 radical (unpaired) electrons. The van der Waals surface area contributed by atoms with Crippen LogP contribution in [0, 0.1) is 0 Å². The number of hydrogen-bond donors (Lipinski definition) is 2. The predicted molar refractivity (Wildman–Crippen MR) is 74.7 cm³/mol. The van der Waals surface area contributed by atoms with Crippen LogP contribution in [0.15, 0.2) is 35.4 Å². The van der Waals surface area contributed by atoms with Gasteiger partial charge in [-0.15, -0.1) is 0 Å². The van der Waals surface area contributed by atoms with E-state index in [1.54, 1.807) is 24.4 Å². The second-order valence-electron chi connectivity index (χ2n) is 4.65. The zero-order valence-corrected chi connectivity index (χ0v) is 11.2. The van der Waals surface area contributed by atoms with Gasteiger partial charge in [-0.25, -0.2) is 4.98 Å². The average molecular weight is 275 g/mol. The minimum atomic E-state index is -0.439. The van der Waals surface area contributed by atoms with Crippen molar-refractivity contribution in [1.29, 1.82) is 0 Å². The number of amides is 1. The Kier molecular flexibility index (Phi) is 4.47. The summed E-state index contributed by atoms with van der Waals surface area (Å²) in [5, 5.41) is 11.5. The van der Waals surface area contributed by atoms with Crippen LogP contribution in [-0.2, 0) is 0 Å². The lowest BCUT2D eigenvalue weighted by Gasteiger charge is -2.12. The van der Waals surface area contributed by atoms with Crippen molar-refractivity contribution in [3.63, 3.8) is 0 Å². The van der Waals surface area contributed by atoms with Crippen LogP contribution in [0.5, 0.6) is 0 Å². The molecule has 0 aromatic carbocycles. The third kappa shape index (κ3) is 3.03. The monoisotopic (exact) mass is 275 g/mol. The van der Waals surface area contributed by atoms with Crippen molar-refractivity contribution in [1.82, 2.24) is 14.7 Å². The van der Waals surface area contributed by atoms with Gasteiger partial charge in [0.2, 0.25) is 0 Å². The van der Waals surface area contributed by atoms with Crippen molar-refractivity contribution in [2.24, 2.45) is 0 Å². The number of carbonyl (C=O) groups is 1. The van der Waals surface area contributed by atoms with E-state index in [9.17, 15) is 9.59 Å². The highest BCUT2D eigenvalue weighted by Crippen LogP contribution is 2.00. The number of hydrogen-bond acceptors (Lipinski definition) is 4. The lowest BCUT2D eigenvalue weighted by molar-refractivity contribution is 0.0934. The minimum absolute atomic E-state index is 0.0181. The number of nitrogens with one attached hydrogen (secondary N) is 1. The van der Waals surface area contributed by atoms with E-state index >= 15 is 0 Å². The molecule has 0 aliphatic carbocycles. The molecule has 6 heteroatoms. The number of fused-ring (bicyclic) bond motifs is 1. The standard InChI is InChI=1S/C14H17N3O3/c1-10(5-4-8-18)16-13(19)11-9-15-12-6-2-3-7-17(12)14(11)20/h2-3,6-7,9-10,18H,4-5,8H2,1H3,(H,16,19). The van der Waals surface area contributed by atoms with Crippen LogP contribution in [0.1, 0.15) is 30.1 Å². The normalized spacial score (nSPS) is 12.3. The highest BCUT2D eigenvalue weighted by atomic mass is 16.3. The number of rotatable bonds is 5. The summed E-state index contributed by atoms with van der Waals surface area (Å²) in [4.78, 5) is 28.3. The molecule has 2 aromatic rings. The molecule has 1 unspecified atom stereocenters. The lowest BCUT2D eigenvalue weighted by atomic mass is 10.2. The van der Waals surface area contributed by atoms with E-state index in [1.165, 1.54) is 10.6 Å². The Balaban J connectivity index is 2.22. The highest BCUT2D eigenvalue weighted by molar-refractivity contribution is 5.93. The molecular formula is C14H17N3O3. The molecule has 0 saturated heterocycles. The average Bonchev–Trinajstić information content (AvgIpc) is 2.45. The number of pyridine rings is 1. The Morgan fingerprint density at radius 1 is 1.50 bits per heavy atom. The molecule has 0 bridgehead atoms. The van der Waals surface area contributed by atoms with Crippen LogP contribution in [0.3, 0.4) is 0 Å². The quantitative estimate of drug-likeness (QED) is 0.836. The largest absolute Gasteiger partial charge is 0.396 e. The van der Waals surface area contributed by atoms with Crippen molar-refractivity contribution in [2.45, 2.75) is 25.8 Å². The first-order valence-electron chi connectivity index (χ1n) is 6.51. The molecule has 0 saturated carbocycles. The van der Waals surface area contributed by atoms with Gasteiger partial charge in [-0.3, -0.25) is 14.0 Å². The van der Waals surface area contributed by atoms with E-state index in [4.69, 9.17) is 5.11 Å². The fraction of sp³-hybridized carbons (Fsp3) is 0.357. The second-order valence-corrected chi connectivity index (χ2v) is 4.65. The molecule has 0 fully saturated rings. The minimum Gasteiger partial charge on any atom is -0.396 e. The molecule has 1 atom stereocenters. The van der Waals surface area contributed by atoms with E-state index in [-0.39, 0.29) is 23.8 Å². The molecule has 106 valence electrons. The van der Waals surface area contributed by atoms with E-state index in [0.717, 1.165) is 0 Å². The molecule has 0 aliphatic rings. The Hall–Kier alpha value is -2.21. The molecule has 2 aromatic heterocycles. The summed E-state index contributed by atoms with van der Waals surface area (Å²) in [5.41, 5.74) is 0.134. The van der Waals surface area contributed by atoms with Gasteiger partial charge in [-0.2, -0.15) is 0 Å². The summed E-state index contributed by atoms with van der Waals surface area (Å²) in [5.74, 6) is -0.439. The maximum Gasteiger partial charge on any atom is 0.270 e. The first-order chi connectivity index (χ1) is 9.63. The van der Waals surface area contributed by atoms with Crippen LogP contribution >= 0.6 is 0 Å². The van der Waals surface area contributed by atoms with E-state index in [2.05, 4.69) is 10.3 Å². The van der Waals surface area contributed by atoms with Gasteiger partial charge in [0.05, 0.1) is 0 Å². The lowest BCUT2D eigenvalue weighted by Crippen LogP contribution is -2.37. The number of aromatic nitrogens is 2. The SMILES string of the molecule is CC(CCCO)NC(=O)c1cnc2ccccn2c1=O. The predicted octanol–water partition coefficient (Wildman–Crippen LogP) is 0.585. The molecule has 6 nitrogen and oxygen atoms in total. The van der Waals surface area contributed by atoms with E-state index in [1.807, 2.05) is 6.92 Å². The van der Waals surface area contributed by atoms with Crippen LogP contribution < -0.4 is 10.9 Å². The summed E-state index contributed by atoms with van der Waals surface area (Å²) in [6, 6.07) is 5.08. The van der Waals surface area contributed by atoms with Crippen LogP contribution in [0.2, 0.25) is 0 Å². The molecule has 1 amide bonds. The number of aliphatic hydroxyl groups is 1.